The van der Waals surface area contributed by atoms with Crippen molar-refractivity contribution in [3.05, 3.63) is 43.3 Å². The molecule has 0 aromatic heterocycles. The number of Topliss-reactive ketones (excluding diaryl/α,β-unsaturated/α-hetero) is 1. The minimum absolute atomic E-state index is 0.0262. The Labute approximate surface area is 151 Å². The molecule has 124 valence electrons. The Balaban J connectivity index is 2.47. The van der Waals surface area contributed by atoms with Crippen molar-refractivity contribution in [2.24, 2.45) is 21.6 Å². The van der Waals surface area contributed by atoms with Gasteiger partial charge < -0.3 is 5.11 Å². The van der Waals surface area contributed by atoms with Gasteiger partial charge in [0.2, 0.25) is 0 Å². The SMILES string of the molecule is CC1(C)CC(=O)C(/N=N/c2ccc(I)cc2[N+](=O)[O-])=C(O)C1C#N. The first-order chi connectivity index (χ1) is 11.2. The van der Waals surface area contributed by atoms with Gasteiger partial charge in [-0.25, -0.2) is 0 Å². The molecular formula is C15H13IN4O4. The lowest BCUT2D eigenvalue weighted by Gasteiger charge is -2.32. The van der Waals surface area contributed by atoms with Gasteiger partial charge in [-0.3, -0.25) is 14.9 Å². The molecule has 24 heavy (non-hydrogen) atoms. The molecule has 0 bridgehead atoms. The van der Waals surface area contributed by atoms with Crippen LogP contribution in [0.1, 0.15) is 20.3 Å². The summed E-state index contributed by atoms with van der Waals surface area (Å²) in [5, 5.41) is 37.9. The number of halogens is 1. The normalized spacial score (nSPS) is 20.2. The first kappa shape index (κ1) is 18.0. The Morgan fingerprint density at radius 1 is 1.46 bits per heavy atom. The molecule has 1 N–H and O–H groups in total. The van der Waals surface area contributed by atoms with Gasteiger partial charge in [0.05, 0.1) is 11.0 Å². The third-order valence-corrected chi connectivity index (χ3v) is 4.37. The number of nitrogens with zero attached hydrogens (tertiary/aromatic N) is 4. The van der Waals surface area contributed by atoms with Crippen molar-refractivity contribution in [3.8, 4) is 6.07 Å². The molecule has 0 amide bonds. The van der Waals surface area contributed by atoms with Crippen LogP contribution in [0.2, 0.25) is 0 Å². The van der Waals surface area contributed by atoms with E-state index < -0.39 is 27.8 Å². The maximum Gasteiger partial charge on any atom is 0.297 e. The lowest BCUT2D eigenvalue weighted by Crippen LogP contribution is -2.33. The van der Waals surface area contributed by atoms with Crippen LogP contribution in [0.15, 0.2) is 39.9 Å². The molecule has 1 unspecified atom stereocenters. The molecule has 1 atom stereocenters. The van der Waals surface area contributed by atoms with Crippen molar-refractivity contribution in [2.45, 2.75) is 20.3 Å². The molecule has 1 aromatic rings. The molecule has 9 heteroatoms. The van der Waals surface area contributed by atoms with Gasteiger partial charge in [-0.05, 0) is 40.1 Å². The van der Waals surface area contributed by atoms with Crippen molar-refractivity contribution in [3.63, 3.8) is 0 Å². The van der Waals surface area contributed by atoms with Gasteiger partial charge in [0.15, 0.2) is 17.2 Å². The summed E-state index contributed by atoms with van der Waals surface area (Å²) in [6.07, 6.45) is 0.0262. The number of carbonyl (C=O) groups is 1. The molecule has 8 nitrogen and oxygen atoms in total. The number of allylic oxidation sites excluding steroid dienone is 2. The average molecular weight is 440 g/mol. The average Bonchev–Trinajstić information content (AvgIpc) is 2.47. The van der Waals surface area contributed by atoms with Crippen LogP contribution in [0.25, 0.3) is 0 Å². The number of benzene rings is 1. The summed E-state index contributed by atoms with van der Waals surface area (Å²) in [5.74, 6) is -1.80. The maximum atomic E-state index is 12.2. The Bertz CT molecular complexity index is 823. The van der Waals surface area contributed by atoms with Gasteiger partial charge in [0, 0.05) is 16.1 Å². The molecular weight excluding hydrogens is 427 g/mol. The van der Waals surface area contributed by atoms with Crippen LogP contribution in [-0.4, -0.2) is 15.8 Å². The number of azo groups is 1. The van der Waals surface area contributed by atoms with Crippen LogP contribution in [-0.2, 0) is 4.79 Å². The standard InChI is InChI=1S/C15H13IN4O4/c1-15(2)6-12(21)13(14(22)9(15)7-17)19-18-10-4-3-8(16)5-11(10)20(23)24/h3-5,9,22H,6H2,1-2H3/b19-18+. The second kappa shape index (κ2) is 6.64. The van der Waals surface area contributed by atoms with Crippen molar-refractivity contribution >= 4 is 39.7 Å². The highest BCUT2D eigenvalue weighted by Gasteiger charge is 2.42. The molecule has 0 fully saturated rings. The lowest BCUT2D eigenvalue weighted by atomic mass is 9.70. The second-order valence-electron chi connectivity index (χ2n) is 5.97. The van der Waals surface area contributed by atoms with E-state index in [0.717, 1.165) is 0 Å². The Morgan fingerprint density at radius 2 is 2.12 bits per heavy atom. The van der Waals surface area contributed by atoms with E-state index >= 15 is 0 Å². The number of ketones is 1. The van der Waals surface area contributed by atoms with E-state index in [1.165, 1.54) is 12.1 Å². The molecule has 1 aliphatic rings. The molecule has 1 aromatic carbocycles. The van der Waals surface area contributed by atoms with Crippen molar-refractivity contribution < 1.29 is 14.8 Å². The lowest BCUT2D eigenvalue weighted by molar-refractivity contribution is -0.384. The quantitative estimate of drug-likeness (QED) is 0.326. The molecule has 2 rings (SSSR count). The fourth-order valence-corrected chi connectivity index (χ4v) is 2.90. The smallest absolute Gasteiger partial charge is 0.297 e. The number of nitro benzene ring substituents is 1. The number of rotatable bonds is 3. The van der Waals surface area contributed by atoms with Gasteiger partial charge in [-0.15, -0.1) is 10.2 Å². The fraction of sp³-hybridized carbons (Fsp3) is 0.333. The molecule has 0 radical (unpaired) electrons. The zero-order chi connectivity index (χ0) is 18.1. The van der Waals surface area contributed by atoms with Gasteiger partial charge in [-0.1, -0.05) is 13.8 Å². The van der Waals surface area contributed by atoms with E-state index in [1.54, 1.807) is 19.9 Å². The number of aliphatic hydroxyl groups excluding tert-OH is 1. The van der Waals surface area contributed by atoms with E-state index in [4.69, 9.17) is 0 Å². The van der Waals surface area contributed by atoms with Crippen LogP contribution >= 0.6 is 22.6 Å². The molecule has 0 aliphatic heterocycles. The van der Waals surface area contributed by atoms with Crippen LogP contribution in [0.5, 0.6) is 0 Å². The number of carbonyl (C=O) groups excluding carboxylic acids is 1. The van der Waals surface area contributed by atoms with Crippen molar-refractivity contribution in [1.29, 1.82) is 5.26 Å². The van der Waals surface area contributed by atoms with Crippen LogP contribution in [0, 0.1) is 36.3 Å². The molecule has 0 spiro atoms. The minimum Gasteiger partial charge on any atom is -0.508 e. The van der Waals surface area contributed by atoms with E-state index in [1.807, 2.05) is 28.7 Å². The third-order valence-electron chi connectivity index (χ3n) is 3.70. The largest absolute Gasteiger partial charge is 0.508 e. The van der Waals surface area contributed by atoms with Gasteiger partial charge in [0.1, 0.15) is 11.7 Å². The number of hydrogen-bond acceptors (Lipinski definition) is 7. The summed E-state index contributed by atoms with van der Waals surface area (Å²) in [4.78, 5) is 22.6. The van der Waals surface area contributed by atoms with E-state index in [2.05, 4.69) is 10.2 Å². The Morgan fingerprint density at radius 3 is 2.71 bits per heavy atom. The number of aliphatic hydroxyl groups is 1. The topological polar surface area (TPSA) is 129 Å². The van der Waals surface area contributed by atoms with Gasteiger partial charge in [-0.2, -0.15) is 5.26 Å². The number of nitriles is 1. The first-order valence-electron chi connectivity index (χ1n) is 6.89. The molecule has 0 saturated heterocycles. The zero-order valence-electron chi connectivity index (χ0n) is 12.9. The summed E-state index contributed by atoms with van der Waals surface area (Å²) < 4.78 is 0.653. The first-order valence-corrected chi connectivity index (χ1v) is 7.97. The van der Waals surface area contributed by atoms with Crippen molar-refractivity contribution in [2.75, 3.05) is 0 Å². The number of hydrogen-bond donors (Lipinski definition) is 1. The molecule has 0 saturated carbocycles. The van der Waals surface area contributed by atoms with Crippen LogP contribution in [0.3, 0.4) is 0 Å². The van der Waals surface area contributed by atoms with Gasteiger partial charge in [0.25, 0.3) is 5.69 Å². The van der Waals surface area contributed by atoms with Gasteiger partial charge >= 0.3 is 0 Å². The summed E-state index contributed by atoms with van der Waals surface area (Å²) in [6, 6.07) is 6.30. The summed E-state index contributed by atoms with van der Waals surface area (Å²) >= 11 is 1.93. The predicted octanol–water partition coefficient (Wildman–Crippen LogP) is 4.19. The maximum absolute atomic E-state index is 12.2. The zero-order valence-corrected chi connectivity index (χ0v) is 15.0. The summed E-state index contributed by atoms with van der Waals surface area (Å²) in [5.41, 5.74) is -1.34. The third kappa shape index (κ3) is 3.43. The monoisotopic (exact) mass is 440 g/mol. The Kier molecular flexibility index (Phi) is 4.98. The van der Waals surface area contributed by atoms with Crippen LogP contribution < -0.4 is 0 Å². The van der Waals surface area contributed by atoms with Crippen molar-refractivity contribution in [1.82, 2.24) is 0 Å². The highest BCUT2D eigenvalue weighted by molar-refractivity contribution is 14.1. The minimum atomic E-state index is -0.893. The highest BCUT2D eigenvalue weighted by atomic mass is 127. The number of nitro groups is 1. The Hall–Kier alpha value is -2.35. The van der Waals surface area contributed by atoms with E-state index in [-0.39, 0.29) is 23.5 Å². The fourth-order valence-electron chi connectivity index (χ4n) is 2.42. The molecule has 0 heterocycles. The highest BCUT2D eigenvalue weighted by Crippen LogP contribution is 2.41. The summed E-state index contributed by atoms with van der Waals surface area (Å²) in [7, 11) is 0. The summed E-state index contributed by atoms with van der Waals surface area (Å²) in [6.45, 7) is 3.40. The van der Waals surface area contributed by atoms with Crippen LogP contribution in [0.4, 0.5) is 11.4 Å². The van der Waals surface area contributed by atoms with E-state index in [0.29, 0.717) is 3.57 Å². The molecule has 1 aliphatic carbocycles. The van der Waals surface area contributed by atoms with E-state index in [9.17, 15) is 25.3 Å². The second-order valence-corrected chi connectivity index (χ2v) is 7.22. The predicted molar refractivity (Wildman–Crippen MR) is 92.5 cm³/mol.